The minimum absolute atomic E-state index is 0.125. The number of rotatable bonds is 7. The zero-order valence-corrected chi connectivity index (χ0v) is 18.5. The molecule has 0 atom stereocenters. The van der Waals surface area contributed by atoms with Crippen molar-refractivity contribution in [3.8, 4) is 17.2 Å². The lowest BCUT2D eigenvalue weighted by Gasteiger charge is -2.24. The van der Waals surface area contributed by atoms with E-state index in [-0.39, 0.29) is 27.6 Å². The quantitative estimate of drug-likeness (QED) is 0.472. The maximum absolute atomic E-state index is 14.4. The van der Waals surface area contributed by atoms with Crippen molar-refractivity contribution in [1.29, 1.82) is 0 Å². The Hall–Kier alpha value is -3.73. The second-order valence-corrected chi connectivity index (χ2v) is 8.29. The van der Waals surface area contributed by atoms with Gasteiger partial charge in [0.05, 0.1) is 32.6 Å². The van der Waals surface area contributed by atoms with Gasteiger partial charge in [-0.1, -0.05) is 0 Å². The number of hydrogen-bond donors (Lipinski definition) is 0. The van der Waals surface area contributed by atoms with Gasteiger partial charge in [0.25, 0.3) is 15.9 Å². The van der Waals surface area contributed by atoms with Crippen LogP contribution in [0.15, 0.2) is 59.5 Å². The molecule has 174 valence electrons. The maximum atomic E-state index is 14.4. The number of amides is 1. The average molecular weight is 481 g/mol. The zero-order valence-electron chi connectivity index (χ0n) is 17.6. The molecular formula is C22H18F3NO6S. The molecule has 0 aliphatic carbocycles. The Balaban J connectivity index is 2.29. The van der Waals surface area contributed by atoms with Gasteiger partial charge in [0.2, 0.25) is 0 Å². The molecule has 0 N–H and O–H groups in total. The average Bonchev–Trinajstić information content (AvgIpc) is 2.81. The van der Waals surface area contributed by atoms with Gasteiger partial charge in [-0.3, -0.25) is 4.79 Å². The number of sulfonamides is 1. The molecule has 0 unspecified atom stereocenters. The summed E-state index contributed by atoms with van der Waals surface area (Å²) in [6.07, 6.45) is 0. The van der Waals surface area contributed by atoms with E-state index in [1.165, 1.54) is 57.7 Å². The Labute approximate surface area is 188 Å². The van der Waals surface area contributed by atoms with Crippen LogP contribution in [0, 0.1) is 17.5 Å². The molecule has 7 nitrogen and oxygen atoms in total. The van der Waals surface area contributed by atoms with E-state index >= 15 is 0 Å². The van der Waals surface area contributed by atoms with Crippen molar-refractivity contribution in [3.63, 3.8) is 0 Å². The first-order valence-corrected chi connectivity index (χ1v) is 10.7. The molecule has 0 saturated carbocycles. The van der Waals surface area contributed by atoms with Crippen LogP contribution in [0.25, 0.3) is 0 Å². The van der Waals surface area contributed by atoms with Gasteiger partial charge in [-0.05, 0) is 42.5 Å². The van der Waals surface area contributed by atoms with E-state index in [0.717, 1.165) is 6.07 Å². The van der Waals surface area contributed by atoms with Gasteiger partial charge in [0.15, 0.2) is 11.6 Å². The topological polar surface area (TPSA) is 82.1 Å². The van der Waals surface area contributed by atoms with Crippen molar-refractivity contribution in [2.24, 2.45) is 0 Å². The Morgan fingerprint density at radius 2 is 1.42 bits per heavy atom. The van der Waals surface area contributed by atoms with Gasteiger partial charge in [0, 0.05) is 12.1 Å². The van der Waals surface area contributed by atoms with E-state index in [4.69, 9.17) is 14.2 Å². The van der Waals surface area contributed by atoms with Crippen LogP contribution >= 0.6 is 0 Å². The van der Waals surface area contributed by atoms with Crippen molar-refractivity contribution in [2.45, 2.75) is 4.90 Å². The predicted octanol–water partition coefficient (Wildman–Crippen LogP) is 4.17. The van der Waals surface area contributed by atoms with Crippen LogP contribution in [-0.2, 0) is 10.0 Å². The smallest absolute Gasteiger partial charge is 0.275 e. The van der Waals surface area contributed by atoms with Crippen molar-refractivity contribution >= 4 is 21.6 Å². The van der Waals surface area contributed by atoms with E-state index in [1.807, 2.05) is 0 Å². The van der Waals surface area contributed by atoms with E-state index in [0.29, 0.717) is 11.8 Å². The number of carbonyl (C=O) groups is 1. The molecule has 0 fully saturated rings. The normalized spacial score (nSPS) is 11.1. The maximum Gasteiger partial charge on any atom is 0.275 e. The largest absolute Gasteiger partial charge is 0.497 e. The summed E-state index contributed by atoms with van der Waals surface area (Å²) in [5, 5.41) is 0. The molecule has 0 aliphatic heterocycles. The molecule has 3 aromatic carbocycles. The summed E-state index contributed by atoms with van der Waals surface area (Å²) in [6.45, 7) is 0. The Morgan fingerprint density at radius 3 is 2.00 bits per heavy atom. The number of methoxy groups -OCH3 is 3. The van der Waals surface area contributed by atoms with Crippen LogP contribution in [0.3, 0.4) is 0 Å². The highest BCUT2D eigenvalue weighted by atomic mass is 32.2. The second-order valence-electron chi connectivity index (χ2n) is 6.54. The Kier molecular flexibility index (Phi) is 6.82. The molecule has 33 heavy (non-hydrogen) atoms. The van der Waals surface area contributed by atoms with Crippen LogP contribution in [0.4, 0.5) is 18.9 Å². The van der Waals surface area contributed by atoms with Gasteiger partial charge in [-0.15, -0.1) is 0 Å². The zero-order chi connectivity index (χ0) is 24.3. The second kappa shape index (κ2) is 9.41. The molecule has 11 heteroatoms. The van der Waals surface area contributed by atoms with Crippen LogP contribution in [-0.4, -0.2) is 35.7 Å². The van der Waals surface area contributed by atoms with E-state index < -0.39 is 43.8 Å². The van der Waals surface area contributed by atoms with Crippen molar-refractivity contribution in [3.05, 3.63) is 77.6 Å². The highest BCUT2D eigenvalue weighted by Gasteiger charge is 2.36. The standard InChI is InChI=1S/C22H18F3NO6S/c1-30-15-6-4-14(5-7-15)26(22(27)17-10-13(23)11-18(24)21(17)25)33(28,29)20-12-16(31-2)8-9-19(20)32-3/h4-12H,1-3H3. The monoisotopic (exact) mass is 481 g/mol. The summed E-state index contributed by atoms with van der Waals surface area (Å²) in [5.41, 5.74) is -1.36. The number of ether oxygens (including phenoxy) is 3. The number of benzene rings is 3. The number of halogens is 3. The first-order chi connectivity index (χ1) is 15.6. The molecule has 0 spiro atoms. The summed E-state index contributed by atoms with van der Waals surface area (Å²) in [4.78, 5) is 12.8. The Bertz CT molecular complexity index is 1300. The van der Waals surface area contributed by atoms with Crippen LogP contribution in [0.2, 0.25) is 0 Å². The third-order valence-electron chi connectivity index (χ3n) is 4.60. The van der Waals surface area contributed by atoms with Crippen LogP contribution < -0.4 is 18.5 Å². The summed E-state index contributed by atoms with van der Waals surface area (Å²) in [5.74, 6) is -5.82. The molecule has 0 heterocycles. The number of carbonyl (C=O) groups excluding carboxylic acids is 1. The minimum atomic E-state index is -4.81. The van der Waals surface area contributed by atoms with E-state index in [2.05, 4.69) is 0 Å². The lowest BCUT2D eigenvalue weighted by Crippen LogP contribution is -2.38. The number of nitrogens with zero attached hydrogens (tertiary/aromatic N) is 1. The lowest BCUT2D eigenvalue weighted by molar-refractivity contribution is 0.1000. The number of hydrogen-bond acceptors (Lipinski definition) is 6. The molecule has 0 aliphatic rings. The van der Waals surface area contributed by atoms with Crippen molar-refractivity contribution < 1.29 is 40.6 Å². The summed E-state index contributed by atoms with van der Waals surface area (Å²) >= 11 is 0. The van der Waals surface area contributed by atoms with Gasteiger partial charge < -0.3 is 14.2 Å². The highest BCUT2D eigenvalue weighted by molar-refractivity contribution is 7.93. The molecule has 0 radical (unpaired) electrons. The van der Waals surface area contributed by atoms with E-state index in [1.54, 1.807) is 0 Å². The molecule has 0 aromatic heterocycles. The molecule has 0 bridgehead atoms. The fraction of sp³-hybridized carbons (Fsp3) is 0.136. The molecule has 3 rings (SSSR count). The minimum Gasteiger partial charge on any atom is -0.497 e. The first kappa shape index (κ1) is 23.9. The van der Waals surface area contributed by atoms with E-state index in [9.17, 15) is 26.4 Å². The van der Waals surface area contributed by atoms with Crippen molar-refractivity contribution in [1.82, 2.24) is 0 Å². The first-order valence-electron chi connectivity index (χ1n) is 9.24. The predicted molar refractivity (Wildman–Crippen MR) is 113 cm³/mol. The summed E-state index contributed by atoms with van der Waals surface area (Å²) in [7, 11) is -0.925. The third kappa shape index (κ3) is 4.58. The molecule has 1 amide bonds. The van der Waals surface area contributed by atoms with Gasteiger partial charge in [-0.25, -0.2) is 21.6 Å². The molecular weight excluding hydrogens is 463 g/mol. The van der Waals surface area contributed by atoms with Crippen molar-refractivity contribution in [2.75, 3.05) is 25.6 Å². The van der Waals surface area contributed by atoms with Gasteiger partial charge in [0.1, 0.15) is 28.0 Å². The third-order valence-corrected chi connectivity index (χ3v) is 6.34. The number of anilines is 1. The highest BCUT2D eigenvalue weighted by Crippen LogP contribution is 2.35. The lowest BCUT2D eigenvalue weighted by atomic mass is 10.1. The Morgan fingerprint density at radius 1 is 0.818 bits per heavy atom. The fourth-order valence-electron chi connectivity index (χ4n) is 2.99. The summed E-state index contributed by atoms with van der Waals surface area (Å²) < 4.78 is 84.8. The summed E-state index contributed by atoms with van der Waals surface area (Å²) in [6, 6.07) is 9.62. The fourth-order valence-corrected chi connectivity index (χ4v) is 4.57. The molecule has 0 saturated heterocycles. The molecule has 3 aromatic rings. The SMILES string of the molecule is COc1ccc(N(C(=O)c2cc(F)cc(F)c2F)S(=O)(=O)c2cc(OC)ccc2OC)cc1. The van der Waals surface area contributed by atoms with Crippen LogP contribution in [0.1, 0.15) is 10.4 Å². The van der Waals surface area contributed by atoms with Gasteiger partial charge >= 0.3 is 0 Å². The van der Waals surface area contributed by atoms with Crippen LogP contribution in [0.5, 0.6) is 17.2 Å². The van der Waals surface area contributed by atoms with Gasteiger partial charge in [-0.2, -0.15) is 4.31 Å².